The molecule has 0 saturated carbocycles. The highest BCUT2D eigenvalue weighted by molar-refractivity contribution is 6.33. The van der Waals surface area contributed by atoms with Crippen LogP contribution in [0.4, 0.5) is 11.4 Å². The van der Waals surface area contributed by atoms with Gasteiger partial charge in [0.15, 0.2) is 0 Å². The van der Waals surface area contributed by atoms with Crippen LogP contribution >= 0.6 is 11.6 Å². The molecule has 0 bridgehead atoms. The largest absolute Gasteiger partial charge is 0.374 e. The molecule has 3 N–H and O–H groups in total. The highest BCUT2D eigenvalue weighted by Gasteiger charge is 2.14. The number of benzene rings is 2. The second-order valence-corrected chi connectivity index (χ2v) is 5.40. The standard InChI is InChI=1S/C17H18ClN3O2/c1-11(16(22)21-15-9-4-3-8-14(15)18)20-13-7-5-6-12(10-13)17(23)19-2/h3-11,20H,1-2H3,(H,19,23)(H,21,22). The minimum Gasteiger partial charge on any atom is -0.374 e. The molecule has 0 radical (unpaired) electrons. The summed E-state index contributed by atoms with van der Waals surface area (Å²) in [6.45, 7) is 1.73. The number of carbonyl (C=O) groups excluding carboxylic acids is 2. The Morgan fingerprint density at radius 2 is 1.83 bits per heavy atom. The quantitative estimate of drug-likeness (QED) is 0.788. The van der Waals surface area contributed by atoms with Crippen LogP contribution in [0.5, 0.6) is 0 Å². The maximum atomic E-state index is 12.2. The molecule has 2 rings (SSSR count). The fourth-order valence-corrected chi connectivity index (χ4v) is 2.20. The Morgan fingerprint density at radius 1 is 1.09 bits per heavy atom. The monoisotopic (exact) mass is 331 g/mol. The van der Waals surface area contributed by atoms with Gasteiger partial charge in [-0.15, -0.1) is 0 Å². The highest BCUT2D eigenvalue weighted by atomic mass is 35.5. The van der Waals surface area contributed by atoms with Crippen LogP contribution in [-0.4, -0.2) is 24.9 Å². The Morgan fingerprint density at radius 3 is 2.52 bits per heavy atom. The van der Waals surface area contributed by atoms with Crippen molar-refractivity contribution >= 4 is 34.8 Å². The molecule has 2 amide bonds. The fraction of sp³-hybridized carbons (Fsp3) is 0.176. The van der Waals surface area contributed by atoms with E-state index in [9.17, 15) is 9.59 Å². The van der Waals surface area contributed by atoms with Gasteiger partial charge in [-0.3, -0.25) is 9.59 Å². The third-order valence-corrected chi connectivity index (χ3v) is 3.59. The van der Waals surface area contributed by atoms with Crippen LogP contribution in [0.3, 0.4) is 0 Å². The van der Waals surface area contributed by atoms with Crippen molar-refractivity contribution in [1.29, 1.82) is 0 Å². The van der Waals surface area contributed by atoms with E-state index in [0.717, 1.165) is 0 Å². The van der Waals surface area contributed by atoms with Crippen LogP contribution in [0, 0.1) is 0 Å². The van der Waals surface area contributed by atoms with Gasteiger partial charge in [-0.2, -0.15) is 0 Å². The lowest BCUT2D eigenvalue weighted by Gasteiger charge is -2.16. The Bertz CT molecular complexity index is 718. The third kappa shape index (κ3) is 4.47. The number of hydrogen-bond donors (Lipinski definition) is 3. The average molecular weight is 332 g/mol. The van der Waals surface area contributed by atoms with Crippen molar-refractivity contribution in [1.82, 2.24) is 5.32 Å². The molecule has 120 valence electrons. The van der Waals surface area contributed by atoms with E-state index in [-0.39, 0.29) is 11.8 Å². The minimum atomic E-state index is -0.494. The molecular formula is C17H18ClN3O2. The summed E-state index contributed by atoms with van der Waals surface area (Å²) in [5.74, 6) is -0.398. The molecule has 0 aromatic heterocycles. The van der Waals surface area contributed by atoms with E-state index in [4.69, 9.17) is 11.6 Å². The molecule has 2 aromatic rings. The van der Waals surface area contributed by atoms with Gasteiger partial charge in [0.25, 0.3) is 5.91 Å². The van der Waals surface area contributed by atoms with Crippen molar-refractivity contribution in [2.24, 2.45) is 0 Å². The molecule has 1 unspecified atom stereocenters. The summed E-state index contributed by atoms with van der Waals surface area (Å²) in [6.07, 6.45) is 0. The van der Waals surface area contributed by atoms with Crippen LogP contribution in [0.25, 0.3) is 0 Å². The van der Waals surface area contributed by atoms with Crippen molar-refractivity contribution < 1.29 is 9.59 Å². The SMILES string of the molecule is CNC(=O)c1cccc(NC(C)C(=O)Nc2ccccc2Cl)c1. The summed E-state index contributed by atoms with van der Waals surface area (Å²) >= 11 is 6.03. The van der Waals surface area contributed by atoms with Gasteiger partial charge < -0.3 is 16.0 Å². The molecule has 2 aromatic carbocycles. The third-order valence-electron chi connectivity index (χ3n) is 3.26. The Balaban J connectivity index is 2.04. The molecule has 0 aliphatic carbocycles. The van der Waals surface area contributed by atoms with Gasteiger partial charge in [0.05, 0.1) is 10.7 Å². The van der Waals surface area contributed by atoms with Gasteiger partial charge in [-0.25, -0.2) is 0 Å². The second-order valence-electron chi connectivity index (χ2n) is 5.00. The molecule has 0 aliphatic rings. The lowest BCUT2D eigenvalue weighted by Crippen LogP contribution is -2.32. The van der Waals surface area contributed by atoms with Gasteiger partial charge in [-0.1, -0.05) is 29.8 Å². The molecule has 23 heavy (non-hydrogen) atoms. The van der Waals surface area contributed by atoms with Crippen molar-refractivity contribution in [2.45, 2.75) is 13.0 Å². The van der Waals surface area contributed by atoms with Crippen molar-refractivity contribution in [2.75, 3.05) is 17.7 Å². The Labute approximate surface area is 140 Å². The number of halogens is 1. The van der Waals surface area contributed by atoms with Gasteiger partial charge in [0.1, 0.15) is 6.04 Å². The lowest BCUT2D eigenvalue weighted by molar-refractivity contribution is -0.116. The summed E-state index contributed by atoms with van der Waals surface area (Å²) in [7, 11) is 1.57. The number of anilines is 2. The minimum absolute atomic E-state index is 0.179. The lowest BCUT2D eigenvalue weighted by atomic mass is 10.1. The molecule has 0 saturated heterocycles. The van der Waals surface area contributed by atoms with Crippen LogP contribution < -0.4 is 16.0 Å². The zero-order valence-electron chi connectivity index (χ0n) is 12.9. The highest BCUT2D eigenvalue weighted by Crippen LogP contribution is 2.21. The summed E-state index contributed by atoms with van der Waals surface area (Å²) in [5, 5.41) is 8.88. The van der Waals surface area contributed by atoms with Crippen LogP contribution in [-0.2, 0) is 4.79 Å². The number of rotatable bonds is 5. The van der Waals surface area contributed by atoms with E-state index in [0.29, 0.717) is 22.0 Å². The number of hydrogen-bond acceptors (Lipinski definition) is 3. The molecule has 0 aliphatic heterocycles. The van der Waals surface area contributed by atoms with E-state index in [2.05, 4.69) is 16.0 Å². The average Bonchev–Trinajstić information content (AvgIpc) is 2.56. The zero-order chi connectivity index (χ0) is 16.8. The van der Waals surface area contributed by atoms with E-state index in [1.165, 1.54) is 0 Å². The maximum Gasteiger partial charge on any atom is 0.251 e. The Hall–Kier alpha value is -2.53. The van der Waals surface area contributed by atoms with E-state index < -0.39 is 6.04 Å². The van der Waals surface area contributed by atoms with E-state index in [1.807, 2.05) is 0 Å². The first-order valence-electron chi connectivity index (χ1n) is 7.15. The van der Waals surface area contributed by atoms with Crippen molar-refractivity contribution in [3.63, 3.8) is 0 Å². The predicted molar refractivity (Wildman–Crippen MR) is 93.0 cm³/mol. The molecular weight excluding hydrogens is 314 g/mol. The van der Waals surface area contributed by atoms with Crippen LogP contribution in [0.2, 0.25) is 5.02 Å². The molecule has 1 atom stereocenters. The van der Waals surface area contributed by atoms with Gasteiger partial charge in [0, 0.05) is 18.3 Å². The maximum absolute atomic E-state index is 12.2. The first-order valence-corrected chi connectivity index (χ1v) is 7.53. The van der Waals surface area contributed by atoms with E-state index in [1.54, 1.807) is 62.5 Å². The van der Waals surface area contributed by atoms with Gasteiger partial charge >= 0.3 is 0 Å². The second kappa shape index (κ2) is 7.65. The fourth-order valence-electron chi connectivity index (χ4n) is 2.01. The number of para-hydroxylation sites is 1. The number of carbonyl (C=O) groups is 2. The predicted octanol–water partition coefficient (Wildman–Crippen LogP) is 3.14. The number of nitrogens with one attached hydrogen (secondary N) is 3. The topological polar surface area (TPSA) is 70.2 Å². The smallest absolute Gasteiger partial charge is 0.251 e. The van der Waals surface area contributed by atoms with Crippen LogP contribution in [0.1, 0.15) is 17.3 Å². The van der Waals surface area contributed by atoms with Gasteiger partial charge in [-0.05, 0) is 37.3 Å². The summed E-state index contributed by atoms with van der Waals surface area (Å²) in [4.78, 5) is 23.9. The van der Waals surface area contributed by atoms with E-state index >= 15 is 0 Å². The first-order chi connectivity index (χ1) is 11.0. The molecule has 0 spiro atoms. The molecule has 0 fully saturated rings. The summed E-state index contributed by atoms with van der Waals surface area (Å²) in [5.41, 5.74) is 1.77. The zero-order valence-corrected chi connectivity index (χ0v) is 13.6. The van der Waals surface area contributed by atoms with Crippen molar-refractivity contribution in [3.05, 3.63) is 59.1 Å². The summed E-state index contributed by atoms with van der Waals surface area (Å²) in [6, 6.07) is 13.5. The van der Waals surface area contributed by atoms with Crippen LogP contribution in [0.15, 0.2) is 48.5 Å². The molecule has 5 nitrogen and oxygen atoms in total. The Kier molecular flexibility index (Phi) is 5.60. The van der Waals surface area contributed by atoms with Crippen molar-refractivity contribution in [3.8, 4) is 0 Å². The van der Waals surface area contributed by atoms with Gasteiger partial charge in [0.2, 0.25) is 5.91 Å². The molecule has 6 heteroatoms. The summed E-state index contributed by atoms with van der Waals surface area (Å²) < 4.78 is 0. The number of amides is 2. The molecule has 0 heterocycles. The normalized spacial score (nSPS) is 11.4. The first kappa shape index (κ1) is 16.8.